The lowest BCUT2D eigenvalue weighted by Gasteiger charge is -2.16. The minimum Gasteiger partial charge on any atom is -0.370 e. The number of aliphatic imine (C=N–C) groups is 1. The summed E-state index contributed by atoms with van der Waals surface area (Å²) >= 11 is 1.74. The SMILES string of the molecule is CC(C)(C)c1nc(CCN=C(N)NC2CCCCCC2)cs1. The summed E-state index contributed by atoms with van der Waals surface area (Å²) in [5.74, 6) is 0.596. The molecule has 5 heteroatoms. The Morgan fingerprint density at radius 1 is 1.32 bits per heavy atom. The first-order valence-corrected chi connectivity index (χ1v) is 9.34. The van der Waals surface area contributed by atoms with E-state index in [2.05, 4.69) is 36.5 Å². The second-order valence-electron chi connectivity index (χ2n) is 7.24. The maximum absolute atomic E-state index is 6.02. The second kappa shape index (κ2) is 7.95. The highest BCUT2D eigenvalue weighted by molar-refractivity contribution is 7.09. The average Bonchev–Trinajstić information content (AvgIpc) is 2.77. The van der Waals surface area contributed by atoms with Crippen LogP contribution >= 0.6 is 11.3 Å². The summed E-state index contributed by atoms with van der Waals surface area (Å²) in [5.41, 5.74) is 7.27. The fourth-order valence-corrected chi connectivity index (χ4v) is 3.68. The van der Waals surface area contributed by atoms with Gasteiger partial charge in [0.2, 0.25) is 0 Å². The van der Waals surface area contributed by atoms with Gasteiger partial charge in [-0.15, -0.1) is 11.3 Å². The monoisotopic (exact) mass is 322 g/mol. The maximum atomic E-state index is 6.02. The molecule has 1 aliphatic rings. The Kier molecular flexibility index (Phi) is 6.24. The molecule has 0 amide bonds. The number of aromatic nitrogens is 1. The van der Waals surface area contributed by atoms with Gasteiger partial charge in [-0.25, -0.2) is 4.98 Å². The van der Waals surface area contributed by atoms with Crippen molar-refractivity contribution in [2.45, 2.75) is 77.2 Å². The highest BCUT2D eigenvalue weighted by Gasteiger charge is 2.17. The smallest absolute Gasteiger partial charge is 0.188 e. The van der Waals surface area contributed by atoms with Crippen LogP contribution in [0.3, 0.4) is 0 Å². The lowest BCUT2D eigenvalue weighted by Crippen LogP contribution is -2.40. The summed E-state index contributed by atoms with van der Waals surface area (Å²) in [6.45, 7) is 7.30. The molecule has 0 aromatic carbocycles. The van der Waals surface area contributed by atoms with E-state index in [0.717, 1.165) is 12.1 Å². The van der Waals surface area contributed by atoms with Crippen LogP contribution in [0.5, 0.6) is 0 Å². The van der Waals surface area contributed by atoms with Crippen molar-refractivity contribution in [1.82, 2.24) is 10.3 Å². The standard InChI is InChI=1S/C17H30N4S/c1-17(2,3)15-20-14(12-22-15)10-11-19-16(18)21-13-8-6-4-5-7-9-13/h12-13H,4-11H2,1-3H3,(H3,18,19,21). The molecule has 1 fully saturated rings. The van der Waals surface area contributed by atoms with Crippen LogP contribution in [-0.4, -0.2) is 23.5 Å². The topological polar surface area (TPSA) is 63.3 Å². The van der Waals surface area contributed by atoms with E-state index in [9.17, 15) is 0 Å². The van der Waals surface area contributed by atoms with Crippen molar-refractivity contribution in [3.8, 4) is 0 Å². The summed E-state index contributed by atoms with van der Waals surface area (Å²) in [4.78, 5) is 9.16. The largest absolute Gasteiger partial charge is 0.370 e. The molecule has 0 saturated heterocycles. The molecule has 1 aromatic rings. The molecule has 0 radical (unpaired) electrons. The van der Waals surface area contributed by atoms with Gasteiger partial charge in [-0.2, -0.15) is 0 Å². The quantitative estimate of drug-likeness (QED) is 0.506. The molecule has 0 spiro atoms. The minimum absolute atomic E-state index is 0.131. The molecule has 1 saturated carbocycles. The van der Waals surface area contributed by atoms with Gasteiger partial charge < -0.3 is 11.1 Å². The summed E-state index contributed by atoms with van der Waals surface area (Å²) in [7, 11) is 0. The number of hydrogen-bond acceptors (Lipinski definition) is 3. The van der Waals surface area contributed by atoms with Gasteiger partial charge in [0.15, 0.2) is 5.96 Å². The number of thiazole rings is 1. The second-order valence-corrected chi connectivity index (χ2v) is 8.10. The number of nitrogens with zero attached hydrogens (tertiary/aromatic N) is 2. The van der Waals surface area contributed by atoms with Gasteiger partial charge in [0.25, 0.3) is 0 Å². The van der Waals surface area contributed by atoms with Gasteiger partial charge in [0.05, 0.1) is 10.7 Å². The van der Waals surface area contributed by atoms with Crippen LogP contribution in [0.1, 0.15) is 70.0 Å². The Bertz CT molecular complexity index is 479. The predicted octanol–water partition coefficient (Wildman–Crippen LogP) is 3.61. The van der Waals surface area contributed by atoms with Gasteiger partial charge in [-0.3, -0.25) is 4.99 Å². The molecule has 0 aliphatic heterocycles. The number of hydrogen-bond donors (Lipinski definition) is 2. The van der Waals surface area contributed by atoms with E-state index in [-0.39, 0.29) is 5.41 Å². The van der Waals surface area contributed by atoms with Crippen LogP contribution in [0, 0.1) is 0 Å². The van der Waals surface area contributed by atoms with Crippen LogP contribution in [0.2, 0.25) is 0 Å². The predicted molar refractivity (Wildman–Crippen MR) is 95.6 cm³/mol. The highest BCUT2D eigenvalue weighted by atomic mass is 32.1. The molecule has 4 nitrogen and oxygen atoms in total. The number of nitrogens with one attached hydrogen (secondary N) is 1. The van der Waals surface area contributed by atoms with Gasteiger partial charge in [0, 0.05) is 29.8 Å². The van der Waals surface area contributed by atoms with Crippen molar-refractivity contribution in [3.63, 3.8) is 0 Å². The third kappa shape index (κ3) is 5.59. The zero-order chi connectivity index (χ0) is 16.0. The molecule has 2 rings (SSSR count). The molecular formula is C17H30N4S. The maximum Gasteiger partial charge on any atom is 0.188 e. The van der Waals surface area contributed by atoms with E-state index in [0.29, 0.717) is 18.5 Å². The van der Waals surface area contributed by atoms with Gasteiger partial charge >= 0.3 is 0 Å². The van der Waals surface area contributed by atoms with Crippen LogP contribution in [0.15, 0.2) is 10.4 Å². The Labute approximate surface area is 138 Å². The first-order valence-electron chi connectivity index (χ1n) is 8.46. The van der Waals surface area contributed by atoms with Crippen LogP contribution in [0.4, 0.5) is 0 Å². The molecule has 3 N–H and O–H groups in total. The molecule has 22 heavy (non-hydrogen) atoms. The molecule has 1 aromatic heterocycles. The molecule has 0 unspecified atom stereocenters. The number of nitrogens with two attached hydrogens (primary N) is 1. The number of rotatable bonds is 4. The fourth-order valence-electron chi connectivity index (χ4n) is 2.74. The normalized spacial score (nSPS) is 18.2. The Hall–Kier alpha value is -1.10. The fraction of sp³-hybridized carbons (Fsp3) is 0.765. The van der Waals surface area contributed by atoms with E-state index in [1.165, 1.54) is 43.5 Å². The lowest BCUT2D eigenvalue weighted by molar-refractivity contribution is 0.530. The summed E-state index contributed by atoms with van der Waals surface area (Å²) < 4.78 is 0. The van der Waals surface area contributed by atoms with Crippen molar-refractivity contribution in [3.05, 3.63) is 16.1 Å². The molecule has 0 atom stereocenters. The minimum atomic E-state index is 0.131. The summed E-state index contributed by atoms with van der Waals surface area (Å²) in [5, 5.41) is 6.72. The van der Waals surface area contributed by atoms with Crippen LogP contribution in [-0.2, 0) is 11.8 Å². The zero-order valence-corrected chi connectivity index (χ0v) is 15.0. The molecular weight excluding hydrogens is 292 g/mol. The Morgan fingerprint density at radius 2 is 2.00 bits per heavy atom. The van der Waals surface area contributed by atoms with Crippen molar-refractivity contribution in [2.75, 3.05) is 6.54 Å². The third-order valence-corrected chi connectivity index (χ3v) is 5.37. The van der Waals surface area contributed by atoms with Crippen LogP contribution < -0.4 is 11.1 Å². The molecule has 1 aliphatic carbocycles. The van der Waals surface area contributed by atoms with E-state index >= 15 is 0 Å². The van der Waals surface area contributed by atoms with Gasteiger partial charge in [-0.1, -0.05) is 46.5 Å². The van der Waals surface area contributed by atoms with E-state index in [4.69, 9.17) is 10.7 Å². The zero-order valence-electron chi connectivity index (χ0n) is 14.2. The summed E-state index contributed by atoms with van der Waals surface area (Å²) in [6, 6.07) is 0.512. The van der Waals surface area contributed by atoms with E-state index < -0.39 is 0 Å². The van der Waals surface area contributed by atoms with Gasteiger partial charge in [0.1, 0.15) is 0 Å². The van der Waals surface area contributed by atoms with Crippen molar-refractivity contribution >= 4 is 17.3 Å². The molecule has 0 bridgehead atoms. The van der Waals surface area contributed by atoms with Crippen molar-refractivity contribution < 1.29 is 0 Å². The Morgan fingerprint density at radius 3 is 2.59 bits per heavy atom. The number of guanidine groups is 1. The average molecular weight is 323 g/mol. The lowest BCUT2D eigenvalue weighted by atomic mass is 9.98. The summed E-state index contributed by atoms with van der Waals surface area (Å²) in [6.07, 6.45) is 8.62. The molecule has 1 heterocycles. The highest BCUT2D eigenvalue weighted by Crippen LogP contribution is 2.25. The van der Waals surface area contributed by atoms with E-state index in [1.807, 2.05) is 0 Å². The van der Waals surface area contributed by atoms with E-state index in [1.54, 1.807) is 11.3 Å². The Balaban J connectivity index is 1.77. The third-order valence-electron chi connectivity index (χ3n) is 4.05. The molecule has 124 valence electrons. The van der Waals surface area contributed by atoms with Crippen LogP contribution in [0.25, 0.3) is 0 Å². The van der Waals surface area contributed by atoms with Gasteiger partial charge in [-0.05, 0) is 12.8 Å². The van der Waals surface area contributed by atoms with Crippen molar-refractivity contribution in [2.24, 2.45) is 10.7 Å². The van der Waals surface area contributed by atoms with Crippen molar-refractivity contribution in [1.29, 1.82) is 0 Å². The first-order chi connectivity index (χ1) is 10.4. The first kappa shape index (κ1) is 17.3.